The SMILES string of the molecule is COCC(=O)Nc1cc(C(=O)NC2CCN(Cc3ccccc3)C2)cc2nc(-c3ccccc3)n(C)c12. The van der Waals surface area contributed by atoms with E-state index in [0.29, 0.717) is 16.8 Å². The number of carbonyl (C=O) groups is 2. The van der Waals surface area contributed by atoms with Crippen LogP contribution in [0.15, 0.2) is 72.8 Å². The quantitative estimate of drug-likeness (QED) is 0.386. The molecule has 1 saturated heterocycles. The largest absolute Gasteiger partial charge is 0.375 e. The van der Waals surface area contributed by atoms with Gasteiger partial charge in [-0.25, -0.2) is 4.98 Å². The molecule has 1 unspecified atom stereocenters. The van der Waals surface area contributed by atoms with Crippen molar-refractivity contribution in [2.45, 2.75) is 19.0 Å². The van der Waals surface area contributed by atoms with Gasteiger partial charge in [-0.05, 0) is 24.1 Å². The molecule has 5 rings (SSSR count). The molecule has 2 N–H and O–H groups in total. The third kappa shape index (κ3) is 5.55. The van der Waals surface area contributed by atoms with Gasteiger partial charge in [0.15, 0.2) is 0 Å². The van der Waals surface area contributed by atoms with Crippen LogP contribution in [-0.4, -0.2) is 59.1 Å². The van der Waals surface area contributed by atoms with E-state index < -0.39 is 0 Å². The van der Waals surface area contributed by atoms with Crippen LogP contribution in [0.3, 0.4) is 0 Å². The molecule has 8 nitrogen and oxygen atoms in total. The predicted molar refractivity (Wildman–Crippen MR) is 144 cm³/mol. The summed E-state index contributed by atoms with van der Waals surface area (Å²) in [5.74, 6) is 0.279. The van der Waals surface area contributed by atoms with E-state index in [1.165, 1.54) is 12.7 Å². The molecule has 0 saturated carbocycles. The monoisotopic (exact) mass is 497 g/mol. The van der Waals surface area contributed by atoms with Crippen LogP contribution in [0.1, 0.15) is 22.3 Å². The maximum Gasteiger partial charge on any atom is 0.251 e. The molecule has 1 fully saturated rings. The van der Waals surface area contributed by atoms with Crippen LogP contribution in [0.5, 0.6) is 0 Å². The average molecular weight is 498 g/mol. The van der Waals surface area contributed by atoms with E-state index in [1.54, 1.807) is 12.1 Å². The average Bonchev–Trinajstić information content (AvgIpc) is 3.48. The van der Waals surface area contributed by atoms with Gasteiger partial charge in [0.2, 0.25) is 5.91 Å². The summed E-state index contributed by atoms with van der Waals surface area (Å²) < 4.78 is 6.93. The standard InChI is InChI=1S/C29H31N5O3/c1-33-27-24(31-26(35)19-37-2)15-22(16-25(27)32-28(33)21-11-7-4-8-12-21)29(36)30-23-13-14-34(18-23)17-20-9-5-3-6-10-20/h3-12,15-16,23H,13-14,17-19H2,1-2H3,(H,30,36)(H,31,35). The van der Waals surface area contributed by atoms with Gasteiger partial charge in [-0.3, -0.25) is 14.5 Å². The van der Waals surface area contributed by atoms with Crippen molar-refractivity contribution in [3.05, 3.63) is 83.9 Å². The highest BCUT2D eigenvalue weighted by atomic mass is 16.5. The normalized spacial score (nSPS) is 15.7. The number of hydrogen-bond acceptors (Lipinski definition) is 5. The summed E-state index contributed by atoms with van der Waals surface area (Å²) in [6.45, 7) is 2.51. The maximum atomic E-state index is 13.3. The molecule has 0 radical (unpaired) electrons. The van der Waals surface area contributed by atoms with Gasteiger partial charge < -0.3 is 19.9 Å². The van der Waals surface area contributed by atoms with Crippen LogP contribution < -0.4 is 10.6 Å². The van der Waals surface area contributed by atoms with E-state index in [9.17, 15) is 9.59 Å². The second-order valence-corrected chi connectivity index (χ2v) is 9.41. The number of fused-ring (bicyclic) bond motifs is 1. The first kappa shape index (κ1) is 24.7. The smallest absolute Gasteiger partial charge is 0.251 e. The summed E-state index contributed by atoms with van der Waals surface area (Å²) >= 11 is 0. The Hall–Kier alpha value is -4.01. The maximum absolute atomic E-state index is 13.3. The molecule has 4 aromatic rings. The minimum absolute atomic E-state index is 0.0575. The zero-order valence-corrected chi connectivity index (χ0v) is 21.1. The minimum atomic E-state index is -0.295. The molecule has 0 spiro atoms. The van der Waals surface area contributed by atoms with Crippen LogP contribution in [-0.2, 0) is 23.1 Å². The number of likely N-dealkylation sites (tertiary alicyclic amines) is 1. The van der Waals surface area contributed by atoms with Gasteiger partial charge in [-0.2, -0.15) is 0 Å². The Labute approximate surface area is 216 Å². The second-order valence-electron chi connectivity index (χ2n) is 9.41. The van der Waals surface area contributed by atoms with Crippen LogP contribution in [0.2, 0.25) is 0 Å². The second kappa shape index (κ2) is 10.9. The number of methoxy groups -OCH3 is 1. The lowest BCUT2D eigenvalue weighted by Gasteiger charge is -2.17. The van der Waals surface area contributed by atoms with Crippen LogP contribution in [0.4, 0.5) is 5.69 Å². The van der Waals surface area contributed by atoms with Crippen molar-refractivity contribution in [2.75, 3.05) is 32.1 Å². The molecule has 1 aromatic heterocycles. The number of benzene rings is 3. The third-order valence-electron chi connectivity index (χ3n) is 6.67. The summed E-state index contributed by atoms with van der Waals surface area (Å²) in [5.41, 5.74) is 4.58. The van der Waals surface area contributed by atoms with Crippen molar-refractivity contribution in [2.24, 2.45) is 7.05 Å². The van der Waals surface area contributed by atoms with E-state index in [-0.39, 0.29) is 24.5 Å². The number of carbonyl (C=O) groups excluding carboxylic acids is 2. The lowest BCUT2D eigenvalue weighted by atomic mass is 10.1. The highest BCUT2D eigenvalue weighted by Crippen LogP contribution is 2.30. The van der Waals surface area contributed by atoms with Crippen molar-refractivity contribution in [1.82, 2.24) is 19.8 Å². The highest BCUT2D eigenvalue weighted by molar-refractivity contribution is 6.06. The topological polar surface area (TPSA) is 88.5 Å². The number of imidazole rings is 1. The van der Waals surface area contributed by atoms with E-state index in [0.717, 1.165) is 43.0 Å². The van der Waals surface area contributed by atoms with Gasteiger partial charge in [0.05, 0.1) is 16.7 Å². The van der Waals surface area contributed by atoms with Gasteiger partial charge >= 0.3 is 0 Å². The van der Waals surface area contributed by atoms with E-state index in [2.05, 4.69) is 27.7 Å². The molecule has 0 bridgehead atoms. The Morgan fingerprint density at radius 1 is 1.05 bits per heavy atom. The zero-order chi connectivity index (χ0) is 25.8. The van der Waals surface area contributed by atoms with Gasteiger partial charge in [0.1, 0.15) is 12.4 Å². The molecular weight excluding hydrogens is 466 g/mol. The van der Waals surface area contributed by atoms with E-state index in [4.69, 9.17) is 9.72 Å². The number of hydrogen-bond donors (Lipinski definition) is 2. The van der Waals surface area contributed by atoms with Crippen molar-refractivity contribution in [3.8, 4) is 11.4 Å². The minimum Gasteiger partial charge on any atom is -0.375 e. The lowest BCUT2D eigenvalue weighted by Crippen LogP contribution is -2.37. The Morgan fingerprint density at radius 3 is 2.51 bits per heavy atom. The molecule has 1 atom stereocenters. The van der Waals surface area contributed by atoms with Gasteiger partial charge in [0, 0.05) is 51.0 Å². The summed E-state index contributed by atoms with van der Waals surface area (Å²) in [7, 11) is 3.38. The number of aryl methyl sites for hydroxylation is 1. The first-order valence-corrected chi connectivity index (χ1v) is 12.4. The third-order valence-corrected chi connectivity index (χ3v) is 6.67. The fraction of sp³-hybridized carbons (Fsp3) is 0.276. The molecule has 2 amide bonds. The van der Waals surface area contributed by atoms with Gasteiger partial charge in [-0.1, -0.05) is 60.7 Å². The Kier molecular flexibility index (Phi) is 7.30. The lowest BCUT2D eigenvalue weighted by molar-refractivity contribution is -0.119. The first-order valence-electron chi connectivity index (χ1n) is 12.4. The zero-order valence-electron chi connectivity index (χ0n) is 21.1. The number of nitrogens with zero attached hydrogens (tertiary/aromatic N) is 3. The summed E-state index contributed by atoms with van der Waals surface area (Å²) in [6.07, 6.45) is 0.889. The Morgan fingerprint density at radius 2 is 1.78 bits per heavy atom. The van der Waals surface area contributed by atoms with Crippen molar-refractivity contribution >= 4 is 28.5 Å². The number of amides is 2. The summed E-state index contributed by atoms with van der Waals surface area (Å²) in [5, 5.41) is 6.08. The molecule has 8 heteroatoms. The predicted octanol–water partition coefficient (Wildman–Crippen LogP) is 3.83. The van der Waals surface area contributed by atoms with Gasteiger partial charge in [-0.15, -0.1) is 0 Å². The molecule has 1 aliphatic heterocycles. The van der Waals surface area contributed by atoms with Crippen molar-refractivity contribution in [1.29, 1.82) is 0 Å². The molecule has 3 aromatic carbocycles. The molecule has 37 heavy (non-hydrogen) atoms. The summed E-state index contributed by atoms with van der Waals surface area (Å²) in [6, 6.07) is 23.8. The van der Waals surface area contributed by atoms with E-state index in [1.807, 2.05) is 60.1 Å². The van der Waals surface area contributed by atoms with E-state index >= 15 is 0 Å². The summed E-state index contributed by atoms with van der Waals surface area (Å²) in [4.78, 5) is 32.9. The van der Waals surface area contributed by atoms with Crippen LogP contribution in [0.25, 0.3) is 22.4 Å². The molecule has 190 valence electrons. The molecule has 0 aliphatic carbocycles. The number of nitrogens with one attached hydrogen (secondary N) is 2. The number of aromatic nitrogens is 2. The molecule has 2 heterocycles. The number of ether oxygens (including phenoxy) is 1. The fourth-order valence-corrected chi connectivity index (χ4v) is 4.95. The van der Waals surface area contributed by atoms with Crippen LogP contribution in [0, 0.1) is 0 Å². The van der Waals surface area contributed by atoms with Gasteiger partial charge in [0.25, 0.3) is 5.91 Å². The fourth-order valence-electron chi connectivity index (χ4n) is 4.95. The Bertz CT molecular complexity index is 1400. The number of rotatable bonds is 8. The molecule has 1 aliphatic rings. The Balaban J connectivity index is 1.39. The van der Waals surface area contributed by atoms with Crippen LogP contribution >= 0.6 is 0 Å². The van der Waals surface area contributed by atoms with Crippen molar-refractivity contribution in [3.63, 3.8) is 0 Å². The van der Waals surface area contributed by atoms with Crippen molar-refractivity contribution < 1.29 is 14.3 Å². The molecular formula is C29H31N5O3. The number of anilines is 1. The first-order chi connectivity index (χ1) is 18.0. The highest BCUT2D eigenvalue weighted by Gasteiger charge is 2.25.